The van der Waals surface area contributed by atoms with Crippen LogP contribution >= 0.6 is 7.82 Å². The number of pyridine rings is 2. The van der Waals surface area contributed by atoms with Gasteiger partial charge in [-0.3, -0.25) is 5.73 Å². The molecule has 5 rings (SSSR count). The van der Waals surface area contributed by atoms with Crippen LogP contribution in [0.25, 0.3) is 22.1 Å². The second kappa shape index (κ2) is 10.5. The summed E-state index contributed by atoms with van der Waals surface area (Å²) in [5, 5.41) is 6.44. The summed E-state index contributed by atoms with van der Waals surface area (Å²) in [6.07, 6.45) is 3.76. The summed E-state index contributed by atoms with van der Waals surface area (Å²) in [5.41, 5.74) is 9.34. The van der Waals surface area contributed by atoms with Gasteiger partial charge in [0.15, 0.2) is 5.76 Å². The van der Waals surface area contributed by atoms with Gasteiger partial charge in [0.05, 0.1) is 11.9 Å². The van der Waals surface area contributed by atoms with E-state index in [1.807, 2.05) is 36.4 Å². The van der Waals surface area contributed by atoms with E-state index >= 15 is 0 Å². The number of ether oxygens (including phenoxy) is 1. The van der Waals surface area contributed by atoms with Crippen molar-refractivity contribution in [2.75, 3.05) is 5.73 Å². The van der Waals surface area contributed by atoms with Crippen LogP contribution in [0.5, 0.6) is 5.88 Å². The van der Waals surface area contributed by atoms with Crippen molar-refractivity contribution in [3.63, 3.8) is 0 Å². The standard InChI is InChI=1S/C26H23N4O6P/c27-26-23(9-4-12-30(26)17-35-37(31,32)33)24-14-21(29-36-24)13-18-10-11-25(28-15-18)34-16-20-7-3-6-19-5-1-2-8-22(19)20/h1-12,14-15,27H,13,16-17H2,(H2,31,32,33)/p+1. The third kappa shape index (κ3) is 6.02. The third-order valence-corrected chi connectivity index (χ3v) is 6.19. The fraction of sp³-hybridized carbons (Fsp3) is 0.115. The van der Waals surface area contributed by atoms with E-state index in [4.69, 9.17) is 24.8 Å². The molecule has 0 amide bonds. The van der Waals surface area contributed by atoms with Crippen LogP contribution in [-0.2, 0) is 28.8 Å². The highest BCUT2D eigenvalue weighted by Crippen LogP contribution is 2.35. The fourth-order valence-electron chi connectivity index (χ4n) is 3.92. The molecule has 5 aromatic rings. The maximum atomic E-state index is 11.0. The first-order valence-electron chi connectivity index (χ1n) is 11.3. The average molecular weight is 519 g/mol. The number of aromatic nitrogens is 3. The predicted molar refractivity (Wildman–Crippen MR) is 135 cm³/mol. The van der Waals surface area contributed by atoms with Gasteiger partial charge in [-0.25, -0.2) is 18.6 Å². The van der Waals surface area contributed by atoms with Crippen LogP contribution in [0.2, 0.25) is 0 Å². The molecule has 0 unspecified atom stereocenters. The van der Waals surface area contributed by atoms with Gasteiger partial charge in [0.1, 0.15) is 12.2 Å². The normalized spacial score (nSPS) is 11.6. The number of nitrogen functional groups attached to an aromatic ring is 1. The van der Waals surface area contributed by atoms with Gasteiger partial charge in [-0.05, 0) is 34.0 Å². The quantitative estimate of drug-likeness (QED) is 0.194. The fourth-order valence-corrected chi connectivity index (χ4v) is 4.20. The molecule has 0 fully saturated rings. The predicted octanol–water partition coefficient (Wildman–Crippen LogP) is 4.00. The molecule has 3 heterocycles. The van der Waals surface area contributed by atoms with Crippen molar-refractivity contribution in [1.29, 1.82) is 0 Å². The van der Waals surface area contributed by atoms with Crippen LogP contribution < -0.4 is 15.0 Å². The number of nitrogens with two attached hydrogens (primary N) is 1. The van der Waals surface area contributed by atoms with Crippen LogP contribution in [0.4, 0.5) is 5.82 Å². The molecule has 4 N–H and O–H groups in total. The lowest BCUT2D eigenvalue weighted by Crippen LogP contribution is -2.38. The number of nitrogens with zero attached hydrogens (tertiary/aromatic N) is 3. The molecule has 37 heavy (non-hydrogen) atoms. The molecule has 0 atom stereocenters. The molecule has 0 aliphatic rings. The molecular formula is C26H24N4O6P+. The van der Waals surface area contributed by atoms with Gasteiger partial charge in [0.25, 0.3) is 5.82 Å². The van der Waals surface area contributed by atoms with E-state index in [1.165, 1.54) is 9.95 Å². The Morgan fingerprint density at radius 2 is 1.86 bits per heavy atom. The lowest BCUT2D eigenvalue weighted by atomic mass is 10.1. The zero-order valence-corrected chi connectivity index (χ0v) is 20.5. The number of hydrogen-bond acceptors (Lipinski definition) is 7. The lowest BCUT2D eigenvalue weighted by Gasteiger charge is -2.09. The first kappa shape index (κ1) is 24.6. The molecule has 0 bridgehead atoms. The minimum Gasteiger partial charge on any atom is -0.473 e. The highest BCUT2D eigenvalue weighted by Gasteiger charge is 2.20. The Hall–Kier alpha value is -4.08. The Kier molecular flexibility index (Phi) is 6.98. The van der Waals surface area contributed by atoms with Gasteiger partial charge >= 0.3 is 7.82 Å². The van der Waals surface area contributed by atoms with Crippen LogP contribution in [0, 0.1) is 0 Å². The van der Waals surface area contributed by atoms with E-state index in [0.29, 0.717) is 35.9 Å². The van der Waals surface area contributed by atoms with Crippen LogP contribution in [0.1, 0.15) is 16.8 Å². The second-order valence-corrected chi connectivity index (χ2v) is 9.56. The summed E-state index contributed by atoms with van der Waals surface area (Å²) in [5.74, 6) is 1.16. The van der Waals surface area contributed by atoms with E-state index in [0.717, 1.165) is 16.5 Å². The zero-order chi connectivity index (χ0) is 25.8. The minimum absolute atomic E-state index is 0.216. The molecule has 188 valence electrons. The molecule has 0 aliphatic carbocycles. The summed E-state index contributed by atoms with van der Waals surface area (Å²) in [6.45, 7) is 0.00355. The zero-order valence-electron chi connectivity index (χ0n) is 19.6. The minimum atomic E-state index is -4.63. The Morgan fingerprint density at radius 3 is 2.68 bits per heavy atom. The SMILES string of the molecule is Nc1c(-c2cc(Cc3ccc(OCc4cccc5ccccc45)nc3)no2)ccc[n+]1COP(=O)(O)O. The molecule has 3 aromatic heterocycles. The topological polar surface area (TPSA) is 145 Å². The van der Waals surface area contributed by atoms with Crippen molar-refractivity contribution in [3.05, 3.63) is 102 Å². The number of phosphoric acid groups is 1. The van der Waals surface area contributed by atoms with Gasteiger partial charge in [0.2, 0.25) is 12.6 Å². The summed E-state index contributed by atoms with van der Waals surface area (Å²) >= 11 is 0. The van der Waals surface area contributed by atoms with E-state index in [9.17, 15) is 4.57 Å². The van der Waals surface area contributed by atoms with E-state index in [1.54, 1.807) is 30.6 Å². The number of benzene rings is 2. The third-order valence-electron chi connectivity index (χ3n) is 5.74. The van der Waals surface area contributed by atoms with E-state index < -0.39 is 14.6 Å². The number of hydrogen-bond donors (Lipinski definition) is 3. The first-order chi connectivity index (χ1) is 17.9. The van der Waals surface area contributed by atoms with Crippen molar-refractivity contribution >= 4 is 24.4 Å². The van der Waals surface area contributed by atoms with Gasteiger partial charge < -0.3 is 19.0 Å². The van der Waals surface area contributed by atoms with E-state index in [-0.39, 0.29) is 5.82 Å². The molecule has 0 spiro atoms. The average Bonchev–Trinajstić information content (AvgIpc) is 3.35. The number of rotatable bonds is 9. The second-order valence-electron chi connectivity index (χ2n) is 8.32. The van der Waals surface area contributed by atoms with Gasteiger partial charge in [-0.2, -0.15) is 0 Å². The largest absolute Gasteiger partial charge is 0.473 e. The molecule has 0 aliphatic heterocycles. The Bertz CT molecular complexity index is 1580. The summed E-state index contributed by atoms with van der Waals surface area (Å²) in [4.78, 5) is 22.3. The molecule has 0 saturated carbocycles. The molecule has 0 saturated heterocycles. The summed E-state index contributed by atoms with van der Waals surface area (Å²) in [6, 6.07) is 23.2. The summed E-state index contributed by atoms with van der Waals surface area (Å²) in [7, 11) is -4.63. The molecule has 2 aromatic carbocycles. The highest BCUT2D eigenvalue weighted by molar-refractivity contribution is 7.46. The van der Waals surface area contributed by atoms with Crippen LogP contribution in [-0.4, -0.2) is 19.9 Å². The van der Waals surface area contributed by atoms with Crippen molar-refractivity contribution in [3.8, 4) is 17.2 Å². The number of phosphoric ester groups is 1. The molecule has 0 radical (unpaired) electrons. The number of anilines is 1. The molecule has 11 heteroatoms. The highest BCUT2D eigenvalue weighted by atomic mass is 31.2. The number of fused-ring (bicyclic) bond motifs is 1. The van der Waals surface area contributed by atoms with Crippen LogP contribution in [0.15, 0.2) is 89.7 Å². The van der Waals surface area contributed by atoms with Crippen molar-refractivity contribution in [1.82, 2.24) is 10.1 Å². The van der Waals surface area contributed by atoms with Crippen molar-refractivity contribution < 1.29 is 32.7 Å². The summed E-state index contributed by atoms with van der Waals surface area (Å²) < 4.78 is 28.3. The lowest BCUT2D eigenvalue weighted by molar-refractivity contribution is -0.711. The smallest absolute Gasteiger partial charge is 0.472 e. The monoisotopic (exact) mass is 519 g/mol. The molecular weight excluding hydrogens is 495 g/mol. The first-order valence-corrected chi connectivity index (χ1v) is 12.9. The Morgan fingerprint density at radius 1 is 1.03 bits per heavy atom. The Balaban J connectivity index is 1.23. The van der Waals surface area contributed by atoms with Crippen molar-refractivity contribution in [2.24, 2.45) is 0 Å². The van der Waals surface area contributed by atoms with Gasteiger partial charge in [-0.15, -0.1) is 0 Å². The maximum absolute atomic E-state index is 11.0. The maximum Gasteiger partial charge on any atom is 0.472 e. The van der Waals surface area contributed by atoms with Gasteiger partial charge in [0, 0.05) is 24.8 Å². The Labute approximate surface area is 212 Å². The molecule has 10 nitrogen and oxygen atoms in total. The van der Waals surface area contributed by atoms with Crippen LogP contribution in [0.3, 0.4) is 0 Å². The van der Waals surface area contributed by atoms with Gasteiger partial charge in [-0.1, -0.05) is 53.7 Å². The van der Waals surface area contributed by atoms with E-state index in [2.05, 4.69) is 32.9 Å². The van der Waals surface area contributed by atoms with Crippen molar-refractivity contribution in [2.45, 2.75) is 19.8 Å².